The molecular weight excluding hydrogens is 1180 g/mol. The van der Waals surface area contributed by atoms with Crippen LogP contribution in [0.2, 0.25) is 15.1 Å². The first-order valence-electron chi connectivity index (χ1n) is 27.3. The van der Waals surface area contributed by atoms with Gasteiger partial charge in [-0.2, -0.15) is 15.8 Å². The van der Waals surface area contributed by atoms with E-state index in [1.165, 1.54) is 10.5 Å². The molecule has 19 heteroatoms. The molecule has 3 unspecified atom stereocenters. The number of halogens is 4. The van der Waals surface area contributed by atoms with Gasteiger partial charge in [-0.25, -0.2) is 0 Å². The lowest BCUT2D eigenvalue weighted by Crippen LogP contribution is -2.54. The number of carbonyl (C=O) groups is 2. The number of rotatable bonds is 15. The van der Waals surface area contributed by atoms with Crippen LogP contribution >= 0.6 is 82.5 Å². The van der Waals surface area contributed by atoms with E-state index in [-0.39, 0.29) is 36.2 Å². The standard InChI is InChI=1S/C22H24ClN3OS.C21H22ClN3O2S.C21H24ClN3S.ClH/c1-15(2)26-7-6-25(14-22(26)27)13-18-10-17(12-24)4-5-21(18)28-20-9-16(3)8-19(23)11-20;1-14-6-17(22)9-18(7-14)28-21-3-2-15(10-23)8-16(21)11-25-5-4-24-19(12-25)20(27)13-26;1-14-6-19(22)9-20(7-14)26-21-5-4-17(10-23)8-18(21)13-25-11-15(2)24-16(3)12-25;/h4-5,8-11,15H,6-7,13-14H2,1-3H3;2-3,6-9,19,24,26H,4-5,11-13H2,1H3;4-9,15-16,24H,11-13H2,1-3H3;1H. The number of amides is 1. The molecule has 83 heavy (non-hydrogen) atoms. The zero-order valence-corrected chi connectivity index (χ0v) is 53.4. The molecule has 0 aromatic heterocycles. The number of piperazine rings is 3. The fourth-order valence-electron chi connectivity index (χ4n) is 10.3. The first-order valence-corrected chi connectivity index (χ1v) is 30.9. The summed E-state index contributed by atoms with van der Waals surface area (Å²) >= 11 is 23.6. The van der Waals surface area contributed by atoms with Crippen molar-refractivity contribution >= 4 is 94.2 Å². The summed E-state index contributed by atoms with van der Waals surface area (Å²) in [5, 5.41) is 45.9. The van der Waals surface area contributed by atoms with Crippen molar-refractivity contribution in [2.75, 3.05) is 59.0 Å². The molecule has 3 aliphatic heterocycles. The molecule has 6 aromatic carbocycles. The second kappa shape index (κ2) is 32.4. The molecule has 3 aliphatic rings. The van der Waals surface area contributed by atoms with Crippen LogP contribution in [0.5, 0.6) is 0 Å². The van der Waals surface area contributed by atoms with Gasteiger partial charge in [-0.1, -0.05) is 70.1 Å². The lowest BCUT2D eigenvalue weighted by atomic mass is 10.1. The number of nitrogens with zero attached hydrogens (tertiary/aromatic N) is 7. The van der Waals surface area contributed by atoms with Gasteiger partial charge in [0.05, 0.1) is 47.5 Å². The molecule has 3 N–H and O–H groups in total. The minimum absolute atomic E-state index is 0. The second-order valence-electron chi connectivity index (χ2n) is 21.4. The van der Waals surface area contributed by atoms with E-state index >= 15 is 0 Å². The van der Waals surface area contributed by atoms with E-state index in [2.05, 4.69) is 88.6 Å². The predicted octanol–water partition coefficient (Wildman–Crippen LogP) is 13.0. The molecule has 1 amide bonds. The smallest absolute Gasteiger partial charge is 0.237 e. The Kier molecular flexibility index (Phi) is 26.2. The van der Waals surface area contributed by atoms with E-state index in [9.17, 15) is 25.4 Å². The molecule has 12 nitrogen and oxygen atoms in total. The van der Waals surface area contributed by atoms with Crippen LogP contribution < -0.4 is 10.6 Å². The van der Waals surface area contributed by atoms with E-state index in [4.69, 9.17) is 39.9 Å². The number of ketones is 1. The first kappa shape index (κ1) is 67.0. The topological polar surface area (TPSA) is 163 Å². The average Bonchev–Trinajstić information content (AvgIpc) is 3.57. The summed E-state index contributed by atoms with van der Waals surface area (Å²) in [5.41, 5.74) is 8.62. The highest BCUT2D eigenvalue weighted by Crippen LogP contribution is 2.37. The number of carbonyl (C=O) groups excluding carboxylic acids is 2. The number of aryl methyl sites for hydroxylation is 3. The highest BCUT2D eigenvalue weighted by Gasteiger charge is 2.28. The van der Waals surface area contributed by atoms with Gasteiger partial charge >= 0.3 is 0 Å². The van der Waals surface area contributed by atoms with E-state index in [1.54, 1.807) is 35.3 Å². The van der Waals surface area contributed by atoms with Crippen molar-refractivity contribution in [3.8, 4) is 18.2 Å². The number of hydrogen-bond acceptors (Lipinski definition) is 14. The Hall–Kier alpha value is -5.10. The molecule has 3 saturated heterocycles. The maximum Gasteiger partial charge on any atom is 0.237 e. The van der Waals surface area contributed by atoms with Crippen LogP contribution in [0.25, 0.3) is 0 Å². The molecule has 0 spiro atoms. The van der Waals surface area contributed by atoms with Crippen molar-refractivity contribution in [2.24, 2.45) is 0 Å². The molecule has 0 radical (unpaired) electrons. The quantitative estimate of drug-likeness (QED) is 0.0890. The Labute approximate surface area is 524 Å². The van der Waals surface area contributed by atoms with Gasteiger partial charge in [-0.05, 0) is 191 Å². The zero-order valence-electron chi connectivity index (χ0n) is 47.8. The number of hydrogen-bond donors (Lipinski definition) is 3. The van der Waals surface area contributed by atoms with Gasteiger partial charge in [-0.15, -0.1) is 12.4 Å². The lowest BCUT2D eigenvalue weighted by molar-refractivity contribution is -0.138. The van der Waals surface area contributed by atoms with Crippen LogP contribution in [0.4, 0.5) is 0 Å². The molecule has 0 saturated carbocycles. The first-order chi connectivity index (χ1) is 39.3. The minimum Gasteiger partial charge on any atom is -0.389 e. The number of Topliss-reactive ketones (excluding diaryl/α,β-unsaturated/α-hetero) is 1. The third-order valence-corrected chi connectivity index (χ3v) is 17.8. The summed E-state index contributed by atoms with van der Waals surface area (Å²) in [6.07, 6.45) is 0. The van der Waals surface area contributed by atoms with Crippen LogP contribution in [0, 0.1) is 54.8 Å². The predicted molar refractivity (Wildman–Crippen MR) is 340 cm³/mol. The molecule has 9 rings (SSSR count). The Morgan fingerprint density at radius 1 is 0.602 bits per heavy atom. The van der Waals surface area contributed by atoms with Gasteiger partial charge in [0.1, 0.15) is 6.61 Å². The Bertz CT molecular complexity index is 3300. The summed E-state index contributed by atoms with van der Waals surface area (Å²) < 4.78 is 0. The van der Waals surface area contributed by atoms with Crippen molar-refractivity contribution in [2.45, 2.75) is 122 Å². The molecule has 3 atom stereocenters. The van der Waals surface area contributed by atoms with Crippen molar-refractivity contribution in [3.63, 3.8) is 0 Å². The molecule has 6 aromatic rings. The van der Waals surface area contributed by atoms with Gasteiger partial charge in [0.25, 0.3) is 0 Å². The summed E-state index contributed by atoms with van der Waals surface area (Å²) in [6.45, 7) is 22.3. The normalized spacial score (nSPS) is 17.4. The number of aliphatic hydroxyl groups excluding tert-OH is 1. The summed E-state index contributed by atoms with van der Waals surface area (Å²) in [5.74, 6) is -0.0307. The van der Waals surface area contributed by atoms with Gasteiger partial charge < -0.3 is 20.6 Å². The van der Waals surface area contributed by atoms with E-state index in [1.807, 2.05) is 118 Å². The Balaban J connectivity index is 0.000000199. The second-order valence-corrected chi connectivity index (χ2v) is 26.1. The van der Waals surface area contributed by atoms with Gasteiger partial charge in [0.2, 0.25) is 5.91 Å². The van der Waals surface area contributed by atoms with Crippen molar-refractivity contribution in [3.05, 3.63) is 174 Å². The lowest BCUT2D eigenvalue weighted by Gasteiger charge is -2.36. The summed E-state index contributed by atoms with van der Waals surface area (Å²) in [7, 11) is 0. The van der Waals surface area contributed by atoms with Crippen LogP contribution in [0.3, 0.4) is 0 Å². The zero-order chi connectivity index (χ0) is 59.0. The Morgan fingerprint density at radius 3 is 1.39 bits per heavy atom. The summed E-state index contributed by atoms with van der Waals surface area (Å²) in [4.78, 5) is 39.6. The summed E-state index contributed by atoms with van der Waals surface area (Å²) in [6, 6.07) is 43.0. The highest BCUT2D eigenvalue weighted by atomic mass is 35.5. The maximum atomic E-state index is 12.4. The average molecular weight is 1250 g/mol. The molecular formula is C64H71Cl4N9O3S3. The maximum absolute atomic E-state index is 12.4. The van der Waals surface area contributed by atoms with Gasteiger partial charge in [-0.3, -0.25) is 24.3 Å². The highest BCUT2D eigenvalue weighted by molar-refractivity contribution is 8.00. The molecule has 3 heterocycles. The van der Waals surface area contributed by atoms with Crippen LogP contribution in [-0.2, 0) is 29.2 Å². The molecule has 0 bridgehead atoms. The van der Waals surface area contributed by atoms with Gasteiger partial charge in [0, 0.05) is 128 Å². The number of aliphatic hydroxyl groups is 1. The molecule has 0 aliphatic carbocycles. The monoisotopic (exact) mass is 1250 g/mol. The largest absolute Gasteiger partial charge is 0.389 e. The number of nitrogens with one attached hydrogen (secondary N) is 2. The fraction of sp³-hybridized carbons (Fsp3) is 0.359. The number of nitriles is 3. The SMILES string of the molecule is Cc1cc(Cl)cc(Sc2ccc(C#N)cc2CN2CC(C)NC(C)C2)c1.Cc1cc(Cl)cc(Sc2ccc(C#N)cc2CN2CCN(C(C)C)C(=O)C2)c1.Cc1cc(Cl)cc(Sc2ccc(C#N)cc2CN2CCNC(C(=O)CO)C2)c1.Cl. The van der Waals surface area contributed by atoms with Crippen LogP contribution in [0.1, 0.15) is 77.8 Å². The fourth-order valence-corrected chi connectivity index (χ4v) is 14.6. The van der Waals surface area contributed by atoms with Crippen LogP contribution in [-0.4, -0.2) is 120 Å². The van der Waals surface area contributed by atoms with Gasteiger partial charge in [0.15, 0.2) is 5.78 Å². The van der Waals surface area contributed by atoms with Crippen molar-refractivity contribution in [1.82, 2.24) is 30.2 Å². The Morgan fingerprint density at radius 2 is 1.01 bits per heavy atom. The van der Waals surface area contributed by atoms with E-state index in [0.29, 0.717) is 71.5 Å². The van der Waals surface area contributed by atoms with Crippen molar-refractivity contribution in [1.29, 1.82) is 15.8 Å². The number of benzene rings is 6. The minimum atomic E-state index is -0.454. The van der Waals surface area contributed by atoms with E-state index in [0.717, 1.165) is 96.6 Å². The third-order valence-electron chi connectivity index (χ3n) is 13.9. The van der Waals surface area contributed by atoms with Crippen molar-refractivity contribution < 1.29 is 14.7 Å². The molecule has 436 valence electrons. The molecule has 3 fully saturated rings. The van der Waals surface area contributed by atoms with Crippen LogP contribution in [0.15, 0.2) is 139 Å². The van der Waals surface area contributed by atoms with E-state index < -0.39 is 6.61 Å². The third kappa shape index (κ3) is 20.5.